The highest BCUT2D eigenvalue weighted by atomic mass is 35.5. The predicted molar refractivity (Wildman–Crippen MR) is 55.6 cm³/mol. The van der Waals surface area contributed by atoms with E-state index in [0.29, 0.717) is 12.0 Å². The molecular formula is C10H14ClNO. The number of rotatable bonds is 2. The van der Waals surface area contributed by atoms with Gasteiger partial charge in [-0.15, -0.1) is 12.4 Å². The van der Waals surface area contributed by atoms with Crippen molar-refractivity contribution >= 4 is 12.4 Å². The van der Waals surface area contributed by atoms with Crippen LogP contribution < -0.4 is 10.5 Å². The Hall–Kier alpha value is -0.730. The molecule has 0 bridgehead atoms. The second kappa shape index (κ2) is 3.99. The van der Waals surface area contributed by atoms with Crippen LogP contribution in [0.5, 0.6) is 5.75 Å². The fourth-order valence-electron chi connectivity index (χ4n) is 1.47. The minimum atomic E-state index is 0. The van der Waals surface area contributed by atoms with Crippen molar-refractivity contribution in [1.29, 1.82) is 0 Å². The standard InChI is InChI=1S/C10H13NO.ClH/c1-12-8-4-2-3-7(5-8)9-6-10(9)11;/h2-5,9-10H,6,11H2,1H3;1H/t9-,10+;/m1./s1. The lowest BCUT2D eigenvalue weighted by Gasteiger charge is -2.02. The minimum Gasteiger partial charge on any atom is -0.497 e. The summed E-state index contributed by atoms with van der Waals surface area (Å²) in [5.74, 6) is 1.49. The van der Waals surface area contributed by atoms with Crippen molar-refractivity contribution in [1.82, 2.24) is 0 Å². The van der Waals surface area contributed by atoms with E-state index in [-0.39, 0.29) is 12.4 Å². The van der Waals surface area contributed by atoms with Gasteiger partial charge in [0.05, 0.1) is 7.11 Å². The summed E-state index contributed by atoms with van der Waals surface area (Å²) in [5.41, 5.74) is 7.06. The van der Waals surface area contributed by atoms with Gasteiger partial charge in [-0.1, -0.05) is 12.1 Å². The average molecular weight is 200 g/mol. The fourth-order valence-corrected chi connectivity index (χ4v) is 1.47. The largest absolute Gasteiger partial charge is 0.497 e. The summed E-state index contributed by atoms with van der Waals surface area (Å²) in [6.45, 7) is 0. The molecule has 0 aliphatic heterocycles. The Morgan fingerprint density at radius 2 is 2.15 bits per heavy atom. The number of hydrogen-bond acceptors (Lipinski definition) is 2. The van der Waals surface area contributed by atoms with E-state index in [9.17, 15) is 0 Å². The molecule has 72 valence electrons. The summed E-state index contributed by atoms with van der Waals surface area (Å²) in [5, 5.41) is 0. The van der Waals surface area contributed by atoms with Crippen molar-refractivity contribution in [3.63, 3.8) is 0 Å². The van der Waals surface area contributed by atoms with Crippen molar-refractivity contribution in [3.05, 3.63) is 29.8 Å². The quantitative estimate of drug-likeness (QED) is 0.790. The van der Waals surface area contributed by atoms with E-state index >= 15 is 0 Å². The Morgan fingerprint density at radius 1 is 1.46 bits per heavy atom. The van der Waals surface area contributed by atoms with Crippen LogP contribution in [0.25, 0.3) is 0 Å². The number of nitrogens with two attached hydrogens (primary N) is 1. The first-order valence-corrected chi connectivity index (χ1v) is 4.21. The van der Waals surface area contributed by atoms with Gasteiger partial charge in [-0.05, 0) is 24.1 Å². The normalized spacial score (nSPS) is 24.8. The molecular weight excluding hydrogens is 186 g/mol. The van der Waals surface area contributed by atoms with E-state index in [1.165, 1.54) is 5.56 Å². The van der Waals surface area contributed by atoms with E-state index < -0.39 is 0 Å². The van der Waals surface area contributed by atoms with Crippen LogP contribution in [-0.4, -0.2) is 13.2 Å². The van der Waals surface area contributed by atoms with Crippen molar-refractivity contribution in [3.8, 4) is 5.75 Å². The Morgan fingerprint density at radius 3 is 2.69 bits per heavy atom. The van der Waals surface area contributed by atoms with Crippen LogP contribution >= 0.6 is 12.4 Å². The summed E-state index contributed by atoms with van der Waals surface area (Å²) in [7, 11) is 1.69. The Labute approximate surface area is 84.5 Å². The molecule has 0 heterocycles. The SMILES string of the molecule is COc1cccc([C@H]2C[C@@H]2N)c1.Cl. The molecule has 1 aromatic carbocycles. The number of benzene rings is 1. The summed E-state index contributed by atoms with van der Waals surface area (Å²) in [6, 6.07) is 8.52. The van der Waals surface area contributed by atoms with Crippen molar-refractivity contribution < 1.29 is 4.74 Å². The molecule has 0 radical (unpaired) electrons. The zero-order chi connectivity index (χ0) is 8.55. The molecule has 0 aromatic heterocycles. The maximum atomic E-state index is 5.75. The monoisotopic (exact) mass is 199 g/mol. The van der Waals surface area contributed by atoms with E-state index in [0.717, 1.165) is 12.2 Å². The number of halogens is 1. The summed E-state index contributed by atoms with van der Waals surface area (Å²) >= 11 is 0. The van der Waals surface area contributed by atoms with Crippen LogP contribution in [0.4, 0.5) is 0 Å². The van der Waals surface area contributed by atoms with Crippen LogP contribution in [0.15, 0.2) is 24.3 Å². The first-order chi connectivity index (χ1) is 5.81. The zero-order valence-electron chi connectivity index (χ0n) is 7.57. The molecule has 3 heteroatoms. The lowest BCUT2D eigenvalue weighted by Crippen LogP contribution is -2.00. The van der Waals surface area contributed by atoms with Gasteiger partial charge in [0.1, 0.15) is 5.75 Å². The van der Waals surface area contributed by atoms with Gasteiger partial charge in [-0.3, -0.25) is 0 Å². The van der Waals surface area contributed by atoms with E-state index in [1.807, 2.05) is 12.1 Å². The molecule has 0 amide bonds. The number of hydrogen-bond donors (Lipinski definition) is 1. The van der Waals surface area contributed by atoms with Gasteiger partial charge in [-0.2, -0.15) is 0 Å². The smallest absolute Gasteiger partial charge is 0.119 e. The van der Waals surface area contributed by atoms with Crippen molar-refractivity contribution in [2.24, 2.45) is 5.73 Å². The van der Waals surface area contributed by atoms with Crippen LogP contribution in [0, 0.1) is 0 Å². The van der Waals surface area contributed by atoms with E-state index in [2.05, 4.69) is 12.1 Å². The average Bonchev–Trinajstić information content (AvgIpc) is 2.83. The summed E-state index contributed by atoms with van der Waals surface area (Å²) in [4.78, 5) is 0. The molecule has 2 N–H and O–H groups in total. The predicted octanol–water partition coefficient (Wildman–Crippen LogP) is 1.93. The molecule has 2 atom stereocenters. The third-order valence-corrected chi connectivity index (χ3v) is 2.36. The van der Waals surface area contributed by atoms with Crippen molar-refractivity contribution in [2.75, 3.05) is 7.11 Å². The topological polar surface area (TPSA) is 35.2 Å². The first kappa shape index (κ1) is 10.4. The Balaban J connectivity index is 0.000000845. The highest BCUT2D eigenvalue weighted by Crippen LogP contribution is 2.39. The molecule has 1 aromatic rings. The molecule has 1 aliphatic carbocycles. The molecule has 1 fully saturated rings. The van der Waals surface area contributed by atoms with E-state index in [1.54, 1.807) is 7.11 Å². The molecule has 13 heavy (non-hydrogen) atoms. The summed E-state index contributed by atoms with van der Waals surface area (Å²) in [6.07, 6.45) is 1.12. The zero-order valence-corrected chi connectivity index (χ0v) is 8.38. The molecule has 0 unspecified atom stereocenters. The fraction of sp³-hybridized carbons (Fsp3) is 0.400. The van der Waals surface area contributed by atoms with Crippen molar-refractivity contribution in [2.45, 2.75) is 18.4 Å². The van der Waals surface area contributed by atoms with Gasteiger partial charge < -0.3 is 10.5 Å². The molecule has 1 aliphatic rings. The second-order valence-corrected chi connectivity index (χ2v) is 3.28. The lowest BCUT2D eigenvalue weighted by atomic mass is 10.1. The lowest BCUT2D eigenvalue weighted by molar-refractivity contribution is 0.414. The van der Waals surface area contributed by atoms with Gasteiger partial charge in [0.25, 0.3) is 0 Å². The first-order valence-electron chi connectivity index (χ1n) is 4.21. The Bertz CT molecular complexity index is 290. The van der Waals surface area contributed by atoms with E-state index in [4.69, 9.17) is 10.5 Å². The number of ether oxygens (including phenoxy) is 1. The van der Waals surface area contributed by atoms with Gasteiger partial charge >= 0.3 is 0 Å². The highest BCUT2D eigenvalue weighted by molar-refractivity contribution is 5.85. The van der Waals surface area contributed by atoms with Gasteiger partial charge in [0, 0.05) is 12.0 Å². The molecule has 2 rings (SSSR count). The molecule has 0 spiro atoms. The van der Waals surface area contributed by atoms with Gasteiger partial charge in [0.2, 0.25) is 0 Å². The van der Waals surface area contributed by atoms with Crippen LogP contribution in [0.2, 0.25) is 0 Å². The maximum absolute atomic E-state index is 5.75. The van der Waals surface area contributed by atoms with Gasteiger partial charge in [0.15, 0.2) is 0 Å². The van der Waals surface area contributed by atoms with Crippen LogP contribution in [-0.2, 0) is 0 Å². The van der Waals surface area contributed by atoms with Crippen LogP contribution in [0.1, 0.15) is 17.9 Å². The van der Waals surface area contributed by atoms with Crippen LogP contribution in [0.3, 0.4) is 0 Å². The van der Waals surface area contributed by atoms with Gasteiger partial charge in [-0.25, -0.2) is 0 Å². The maximum Gasteiger partial charge on any atom is 0.119 e. The molecule has 0 saturated heterocycles. The second-order valence-electron chi connectivity index (χ2n) is 3.28. The minimum absolute atomic E-state index is 0. The molecule has 1 saturated carbocycles. The number of methoxy groups -OCH3 is 1. The summed E-state index contributed by atoms with van der Waals surface area (Å²) < 4.78 is 5.13. The third-order valence-electron chi connectivity index (χ3n) is 2.36. The molecule has 2 nitrogen and oxygen atoms in total. The third kappa shape index (κ3) is 2.14. The Kier molecular flexibility index (Phi) is 3.17. The highest BCUT2D eigenvalue weighted by Gasteiger charge is 2.34.